The lowest BCUT2D eigenvalue weighted by Crippen LogP contribution is -2.16. The molecule has 0 atom stereocenters. The first-order valence-corrected chi connectivity index (χ1v) is 15.3. The summed E-state index contributed by atoms with van der Waals surface area (Å²) in [4.78, 5) is 43.0. The maximum atomic E-state index is 13.2. The number of hydrogen-bond donors (Lipinski definition) is 1. The highest BCUT2D eigenvalue weighted by atomic mass is 16.6. The zero-order valence-corrected chi connectivity index (χ0v) is 26.6. The Morgan fingerprint density at radius 3 is 1.83 bits per heavy atom. The van der Waals surface area contributed by atoms with Gasteiger partial charge in [0.1, 0.15) is 11.3 Å². The third-order valence-electron chi connectivity index (χ3n) is 7.53. The van der Waals surface area contributed by atoms with E-state index in [4.69, 9.17) is 14.5 Å². The molecule has 0 fully saturated rings. The van der Waals surface area contributed by atoms with Crippen molar-refractivity contribution in [3.05, 3.63) is 137 Å². The van der Waals surface area contributed by atoms with Crippen molar-refractivity contribution in [3.8, 4) is 22.9 Å². The molecule has 2 heterocycles. The van der Waals surface area contributed by atoms with E-state index in [9.17, 15) is 19.5 Å². The predicted octanol–water partition coefficient (Wildman–Crippen LogP) is 7.27. The molecule has 10 nitrogen and oxygen atoms in total. The maximum Gasteiger partial charge on any atom is 0.344 e. The average molecular weight is 641 g/mol. The van der Waals surface area contributed by atoms with Crippen molar-refractivity contribution in [2.24, 2.45) is 5.41 Å². The Bertz CT molecular complexity index is 2120. The number of carbonyl (C=O) groups is 3. The van der Waals surface area contributed by atoms with Gasteiger partial charge >= 0.3 is 17.9 Å². The molecule has 0 aliphatic heterocycles. The van der Waals surface area contributed by atoms with Gasteiger partial charge < -0.3 is 19.1 Å². The summed E-state index contributed by atoms with van der Waals surface area (Å²) in [5, 5.41) is 18.1. The summed E-state index contributed by atoms with van der Waals surface area (Å²) in [6, 6.07) is 31.4. The van der Waals surface area contributed by atoms with E-state index < -0.39 is 17.9 Å². The molecule has 6 aromatic rings. The van der Waals surface area contributed by atoms with Gasteiger partial charge in [0.05, 0.1) is 16.7 Å². The van der Waals surface area contributed by atoms with Gasteiger partial charge in [-0.1, -0.05) is 99.6 Å². The number of aromatic nitrogens is 4. The van der Waals surface area contributed by atoms with Crippen molar-refractivity contribution >= 4 is 28.9 Å². The number of benzene rings is 4. The highest BCUT2D eigenvalue weighted by molar-refractivity contribution is 5.97. The molecule has 0 spiro atoms. The van der Waals surface area contributed by atoms with Crippen LogP contribution in [0.3, 0.4) is 0 Å². The van der Waals surface area contributed by atoms with Crippen LogP contribution in [0.2, 0.25) is 0 Å². The second kappa shape index (κ2) is 13.3. The highest BCUT2D eigenvalue weighted by Gasteiger charge is 2.27. The Balaban J connectivity index is 1.46. The average Bonchev–Trinajstić information content (AvgIpc) is 3.43. The van der Waals surface area contributed by atoms with Gasteiger partial charge in [-0.15, -0.1) is 10.2 Å². The second-order valence-electron chi connectivity index (χ2n) is 12.4. The standard InChI is InChI=1S/C38H32N4O6/c1-38(2,3)22-30-39-31-32(42(30)23-24-18-20-25(21-19-24)28-16-10-11-17-29(28)35(43)44)34(48-37(46)27-14-8-5-9-15-27)41-40-33(31)47-36(45)26-12-6-4-7-13-26/h4-21H,22-23H2,1-3H3,(H,43,44). The van der Waals surface area contributed by atoms with Gasteiger partial charge in [-0.05, 0) is 52.4 Å². The molecule has 48 heavy (non-hydrogen) atoms. The van der Waals surface area contributed by atoms with E-state index in [1.165, 1.54) is 0 Å². The normalized spacial score (nSPS) is 11.3. The fourth-order valence-corrected chi connectivity index (χ4v) is 5.30. The Kier molecular flexibility index (Phi) is 8.81. The van der Waals surface area contributed by atoms with E-state index in [0.29, 0.717) is 34.5 Å². The first kappa shape index (κ1) is 31.8. The van der Waals surface area contributed by atoms with Gasteiger partial charge in [-0.2, -0.15) is 0 Å². The summed E-state index contributed by atoms with van der Waals surface area (Å²) in [5.41, 5.74) is 3.43. The molecule has 0 aliphatic rings. The molecule has 6 rings (SSSR count). The molecule has 0 amide bonds. The van der Waals surface area contributed by atoms with Crippen molar-refractivity contribution in [2.45, 2.75) is 33.7 Å². The number of carbonyl (C=O) groups excluding carboxylic acids is 2. The molecule has 1 N–H and O–H groups in total. The van der Waals surface area contributed by atoms with Gasteiger partial charge in [0, 0.05) is 13.0 Å². The second-order valence-corrected chi connectivity index (χ2v) is 12.4. The van der Waals surface area contributed by atoms with Crippen LogP contribution in [-0.4, -0.2) is 42.8 Å². The number of esters is 2. The number of fused-ring (bicyclic) bond motifs is 1. The SMILES string of the molecule is CC(C)(C)Cc1nc2c(OC(=O)c3ccccc3)nnc(OC(=O)c3ccccc3)c2n1Cc1ccc(-c2ccccc2C(=O)O)cc1. The van der Waals surface area contributed by atoms with Crippen LogP contribution in [0.4, 0.5) is 0 Å². The molecule has 10 heteroatoms. The zero-order chi connectivity index (χ0) is 33.8. The lowest BCUT2D eigenvalue weighted by Gasteiger charge is -2.19. The Labute approximate surface area is 276 Å². The molecule has 0 aliphatic carbocycles. The van der Waals surface area contributed by atoms with Crippen LogP contribution in [0.1, 0.15) is 63.2 Å². The molecule has 2 aromatic heterocycles. The fraction of sp³-hybridized carbons (Fsp3) is 0.158. The van der Waals surface area contributed by atoms with Gasteiger partial charge in [-0.3, -0.25) is 0 Å². The number of carboxylic acid groups (broad SMARTS) is 1. The topological polar surface area (TPSA) is 134 Å². The van der Waals surface area contributed by atoms with Crippen LogP contribution in [0, 0.1) is 5.41 Å². The van der Waals surface area contributed by atoms with E-state index in [2.05, 4.69) is 31.0 Å². The van der Waals surface area contributed by atoms with Crippen LogP contribution in [0.5, 0.6) is 11.8 Å². The highest BCUT2D eigenvalue weighted by Crippen LogP contribution is 2.34. The molecular formula is C38H32N4O6. The van der Waals surface area contributed by atoms with Crippen LogP contribution < -0.4 is 9.47 Å². The molecule has 240 valence electrons. The summed E-state index contributed by atoms with van der Waals surface area (Å²) < 4.78 is 13.4. The number of hydrogen-bond acceptors (Lipinski definition) is 8. The van der Waals surface area contributed by atoms with Crippen LogP contribution >= 0.6 is 0 Å². The smallest absolute Gasteiger partial charge is 0.344 e. The summed E-state index contributed by atoms with van der Waals surface area (Å²) in [6.07, 6.45) is 0.518. The predicted molar refractivity (Wildman–Crippen MR) is 179 cm³/mol. The molecule has 0 saturated carbocycles. The third kappa shape index (κ3) is 6.97. The van der Waals surface area contributed by atoms with Crippen molar-refractivity contribution in [1.82, 2.24) is 19.7 Å². The molecule has 4 aromatic carbocycles. The number of imidazole rings is 1. The van der Waals surface area contributed by atoms with Gasteiger partial charge in [0.25, 0.3) is 11.8 Å². The summed E-state index contributed by atoms with van der Waals surface area (Å²) in [5.74, 6) is -1.84. The lowest BCUT2D eigenvalue weighted by molar-refractivity contribution is 0.0694. The third-order valence-corrected chi connectivity index (χ3v) is 7.53. The van der Waals surface area contributed by atoms with E-state index in [-0.39, 0.29) is 34.8 Å². The van der Waals surface area contributed by atoms with Crippen LogP contribution in [0.25, 0.3) is 22.2 Å². The number of ether oxygens (including phenoxy) is 2. The number of rotatable bonds is 9. The molecule has 0 bridgehead atoms. The minimum Gasteiger partial charge on any atom is -0.478 e. The fourth-order valence-electron chi connectivity index (χ4n) is 5.30. The zero-order valence-electron chi connectivity index (χ0n) is 26.6. The Morgan fingerprint density at radius 2 is 1.25 bits per heavy atom. The van der Waals surface area contributed by atoms with Crippen molar-refractivity contribution < 1.29 is 29.0 Å². The summed E-state index contributed by atoms with van der Waals surface area (Å²) >= 11 is 0. The van der Waals surface area contributed by atoms with Crippen molar-refractivity contribution in [2.75, 3.05) is 0 Å². The first-order valence-electron chi connectivity index (χ1n) is 15.3. The number of carboxylic acids is 1. The van der Waals surface area contributed by atoms with Crippen molar-refractivity contribution in [1.29, 1.82) is 0 Å². The monoisotopic (exact) mass is 640 g/mol. The molecular weight excluding hydrogens is 608 g/mol. The van der Waals surface area contributed by atoms with Gasteiger partial charge in [0.2, 0.25) is 0 Å². The Hall–Kier alpha value is -6.16. The van der Waals surface area contributed by atoms with Crippen LogP contribution in [-0.2, 0) is 13.0 Å². The largest absolute Gasteiger partial charge is 0.478 e. The van der Waals surface area contributed by atoms with E-state index in [1.807, 2.05) is 28.8 Å². The number of aromatic carboxylic acids is 1. The van der Waals surface area contributed by atoms with E-state index in [0.717, 1.165) is 11.1 Å². The summed E-state index contributed by atoms with van der Waals surface area (Å²) in [6.45, 7) is 6.52. The first-order chi connectivity index (χ1) is 23.1. The van der Waals surface area contributed by atoms with Crippen molar-refractivity contribution in [3.63, 3.8) is 0 Å². The van der Waals surface area contributed by atoms with E-state index >= 15 is 0 Å². The van der Waals surface area contributed by atoms with Gasteiger partial charge in [-0.25, -0.2) is 19.4 Å². The number of nitrogens with zero attached hydrogens (tertiary/aromatic N) is 4. The van der Waals surface area contributed by atoms with E-state index in [1.54, 1.807) is 84.9 Å². The van der Waals surface area contributed by atoms with Gasteiger partial charge in [0.15, 0.2) is 5.52 Å². The minimum atomic E-state index is -1.01. The molecule has 0 radical (unpaired) electrons. The Morgan fingerprint density at radius 1 is 0.708 bits per heavy atom. The quantitative estimate of drug-likeness (QED) is 0.162. The lowest BCUT2D eigenvalue weighted by atomic mass is 9.92. The molecule has 0 saturated heterocycles. The summed E-state index contributed by atoms with van der Waals surface area (Å²) in [7, 11) is 0. The molecule has 0 unspecified atom stereocenters. The van der Waals surface area contributed by atoms with Crippen LogP contribution in [0.15, 0.2) is 109 Å². The maximum absolute atomic E-state index is 13.2. The minimum absolute atomic E-state index is 0.0852.